The molecule has 10 heteroatoms. The number of ether oxygens (including phenoxy) is 1. The number of morpholine rings is 1. The number of carbonyl (C=O) groups excluding carboxylic acids is 1. The average molecular weight is 360 g/mol. The summed E-state index contributed by atoms with van der Waals surface area (Å²) in [6, 6.07) is 3.31. The molecule has 1 fully saturated rings. The Labute approximate surface area is 142 Å². The van der Waals surface area contributed by atoms with Crippen LogP contribution in [0.2, 0.25) is 0 Å². The molecule has 1 amide bonds. The molecule has 0 saturated carbocycles. The number of hydrogen-bond acceptors (Lipinski definition) is 5. The van der Waals surface area contributed by atoms with Crippen LogP contribution in [-0.2, 0) is 19.1 Å². The number of nitrogens with one attached hydrogen (secondary N) is 1. The fourth-order valence-corrected chi connectivity index (χ4v) is 1.88. The number of carboxylic acids is 2. The molecule has 0 aromatic heterocycles. The minimum atomic E-state index is -1.82. The van der Waals surface area contributed by atoms with E-state index in [1.165, 1.54) is 6.07 Å². The molecule has 0 aliphatic carbocycles. The Kier molecular flexibility index (Phi) is 8.44. The van der Waals surface area contributed by atoms with E-state index in [4.69, 9.17) is 24.5 Å². The van der Waals surface area contributed by atoms with Crippen molar-refractivity contribution in [3.63, 3.8) is 0 Å². The first kappa shape index (κ1) is 20.5. The molecule has 8 nitrogen and oxygen atoms in total. The van der Waals surface area contributed by atoms with Gasteiger partial charge in [0, 0.05) is 37.8 Å². The summed E-state index contributed by atoms with van der Waals surface area (Å²) in [5, 5.41) is 17.3. The molecule has 0 bridgehead atoms. The molecule has 138 valence electrons. The standard InChI is InChI=1S/C13H16F2N2O2.C2H2O4/c14-11-2-1-10(9-12(11)15)16-13(18)3-4-17-5-7-19-8-6-17;3-1(4)2(5)6/h1-2,9H,3-8H2,(H,16,18);(H,3,4)(H,5,6). The molecule has 25 heavy (non-hydrogen) atoms. The van der Waals surface area contributed by atoms with Crippen molar-refractivity contribution in [1.29, 1.82) is 0 Å². The maximum Gasteiger partial charge on any atom is 0.414 e. The minimum Gasteiger partial charge on any atom is -0.473 e. The van der Waals surface area contributed by atoms with Gasteiger partial charge in [-0.05, 0) is 12.1 Å². The predicted octanol–water partition coefficient (Wildman–Crippen LogP) is 0.781. The van der Waals surface area contributed by atoms with Crippen LogP contribution in [-0.4, -0.2) is 65.8 Å². The number of carboxylic acid groups (broad SMARTS) is 2. The van der Waals surface area contributed by atoms with Crippen molar-refractivity contribution in [1.82, 2.24) is 4.90 Å². The van der Waals surface area contributed by atoms with Gasteiger partial charge < -0.3 is 20.3 Å². The normalized spacial score (nSPS) is 14.2. The fraction of sp³-hybridized carbons (Fsp3) is 0.400. The first-order valence-corrected chi connectivity index (χ1v) is 7.31. The van der Waals surface area contributed by atoms with Crippen LogP contribution in [0.1, 0.15) is 6.42 Å². The third-order valence-corrected chi connectivity index (χ3v) is 3.15. The van der Waals surface area contributed by atoms with E-state index < -0.39 is 23.6 Å². The van der Waals surface area contributed by atoms with Gasteiger partial charge in [0.1, 0.15) is 0 Å². The van der Waals surface area contributed by atoms with Gasteiger partial charge in [0.25, 0.3) is 0 Å². The van der Waals surface area contributed by atoms with E-state index in [1.54, 1.807) is 0 Å². The molecule has 2 rings (SSSR count). The summed E-state index contributed by atoms with van der Waals surface area (Å²) in [7, 11) is 0. The van der Waals surface area contributed by atoms with Crippen molar-refractivity contribution in [2.45, 2.75) is 6.42 Å². The van der Waals surface area contributed by atoms with Crippen molar-refractivity contribution in [2.75, 3.05) is 38.2 Å². The van der Waals surface area contributed by atoms with Crippen molar-refractivity contribution in [3.05, 3.63) is 29.8 Å². The van der Waals surface area contributed by atoms with Gasteiger partial charge in [-0.15, -0.1) is 0 Å². The molecule has 0 atom stereocenters. The molecular weight excluding hydrogens is 342 g/mol. The summed E-state index contributed by atoms with van der Waals surface area (Å²) in [6.07, 6.45) is 0.318. The number of rotatable bonds is 4. The molecule has 1 aromatic carbocycles. The highest BCUT2D eigenvalue weighted by Crippen LogP contribution is 2.13. The summed E-state index contributed by atoms with van der Waals surface area (Å²) in [6.45, 7) is 3.64. The molecule has 1 heterocycles. The average Bonchev–Trinajstić information content (AvgIpc) is 2.58. The summed E-state index contributed by atoms with van der Waals surface area (Å²) in [4.78, 5) is 32.0. The quantitative estimate of drug-likeness (QED) is 0.680. The number of benzene rings is 1. The van der Waals surface area contributed by atoms with Crippen LogP contribution >= 0.6 is 0 Å². The lowest BCUT2D eigenvalue weighted by Gasteiger charge is -2.26. The topological polar surface area (TPSA) is 116 Å². The zero-order valence-electron chi connectivity index (χ0n) is 13.2. The van der Waals surface area contributed by atoms with E-state index in [1.807, 2.05) is 0 Å². The largest absolute Gasteiger partial charge is 0.473 e. The van der Waals surface area contributed by atoms with E-state index in [9.17, 15) is 13.6 Å². The van der Waals surface area contributed by atoms with E-state index in [0.717, 1.165) is 25.2 Å². The summed E-state index contributed by atoms with van der Waals surface area (Å²) in [5.41, 5.74) is 0.269. The predicted molar refractivity (Wildman–Crippen MR) is 82.1 cm³/mol. The van der Waals surface area contributed by atoms with Crippen molar-refractivity contribution in [2.24, 2.45) is 0 Å². The van der Waals surface area contributed by atoms with E-state index in [2.05, 4.69) is 10.2 Å². The van der Waals surface area contributed by atoms with Crippen LogP contribution in [0.5, 0.6) is 0 Å². The van der Waals surface area contributed by atoms with Gasteiger partial charge in [0.05, 0.1) is 13.2 Å². The summed E-state index contributed by atoms with van der Waals surface area (Å²) in [5.74, 6) is -5.75. The third-order valence-electron chi connectivity index (χ3n) is 3.15. The Morgan fingerprint density at radius 1 is 1.08 bits per heavy atom. The van der Waals surface area contributed by atoms with Crippen LogP contribution in [0.3, 0.4) is 0 Å². The Morgan fingerprint density at radius 2 is 1.68 bits per heavy atom. The zero-order chi connectivity index (χ0) is 18.8. The SMILES string of the molecule is O=C(CCN1CCOCC1)Nc1ccc(F)c(F)c1.O=C(O)C(=O)O. The number of aliphatic carboxylic acids is 2. The van der Waals surface area contributed by atoms with Gasteiger partial charge in [0.15, 0.2) is 11.6 Å². The monoisotopic (exact) mass is 360 g/mol. The maximum absolute atomic E-state index is 13.0. The maximum atomic E-state index is 13.0. The van der Waals surface area contributed by atoms with Crippen LogP contribution < -0.4 is 5.32 Å². The third kappa shape index (κ3) is 8.18. The summed E-state index contributed by atoms with van der Waals surface area (Å²) >= 11 is 0. The van der Waals surface area contributed by atoms with E-state index in [0.29, 0.717) is 26.2 Å². The second-order valence-corrected chi connectivity index (χ2v) is 4.99. The number of amides is 1. The molecule has 3 N–H and O–H groups in total. The Morgan fingerprint density at radius 3 is 2.20 bits per heavy atom. The van der Waals surface area contributed by atoms with Crippen molar-refractivity contribution < 1.29 is 38.1 Å². The van der Waals surface area contributed by atoms with Crippen molar-refractivity contribution in [3.8, 4) is 0 Å². The smallest absolute Gasteiger partial charge is 0.414 e. The number of halogens is 2. The highest BCUT2D eigenvalue weighted by atomic mass is 19.2. The lowest BCUT2D eigenvalue weighted by Crippen LogP contribution is -2.38. The number of anilines is 1. The van der Waals surface area contributed by atoms with Gasteiger partial charge in [0.2, 0.25) is 5.91 Å². The molecule has 0 spiro atoms. The highest BCUT2D eigenvalue weighted by Gasteiger charge is 2.12. The first-order valence-electron chi connectivity index (χ1n) is 7.31. The number of hydrogen-bond donors (Lipinski definition) is 3. The van der Waals surface area contributed by atoms with Crippen LogP contribution in [0.25, 0.3) is 0 Å². The molecule has 0 unspecified atom stereocenters. The molecule has 1 aromatic rings. The van der Waals surface area contributed by atoms with Crippen LogP contribution in [0.4, 0.5) is 14.5 Å². The summed E-state index contributed by atoms with van der Waals surface area (Å²) < 4.78 is 30.9. The first-order chi connectivity index (χ1) is 11.8. The van der Waals surface area contributed by atoms with Gasteiger partial charge in [-0.25, -0.2) is 18.4 Å². The van der Waals surface area contributed by atoms with Gasteiger partial charge in [-0.1, -0.05) is 0 Å². The molecule has 1 aliphatic rings. The lowest BCUT2D eigenvalue weighted by molar-refractivity contribution is -0.159. The zero-order valence-corrected chi connectivity index (χ0v) is 13.2. The Hall–Kier alpha value is -2.59. The van der Waals surface area contributed by atoms with Crippen LogP contribution in [0, 0.1) is 11.6 Å². The van der Waals surface area contributed by atoms with E-state index >= 15 is 0 Å². The highest BCUT2D eigenvalue weighted by molar-refractivity contribution is 6.27. The minimum absolute atomic E-state index is 0.211. The molecule has 0 radical (unpaired) electrons. The Bertz CT molecular complexity index is 608. The van der Waals surface area contributed by atoms with Crippen molar-refractivity contribution >= 4 is 23.5 Å². The number of nitrogens with zero attached hydrogens (tertiary/aromatic N) is 1. The second-order valence-electron chi connectivity index (χ2n) is 4.99. The molecular formula is C15H18F2N2O6. The van der Waals surface area contributed by atoms with E-state index in [-0.39, 0.29) is 11.6 Å². The van der Waals surface area contributed by atoms with Gasteiger partial charge in [-0.3, -0.25) is 9.69 Å². The Balaban J connectivity index is 0.000000450. The number of carbonyl (C=O) groups is 3. The van der Waals surface area contributed by atoms with Crippen LogP contribution in [0.15, 0.2) is 18.2 Å². The molecule has 1 aliphatic heterocycles. The van der Waals surface area contributed by atoms with Gasteiger partial charge >= 0.3 is 11.9 Å². The van der Waals surface area contributed by atoms with Gasteiger partial charge in [-0.2, -0.15) is 0 Å². The molecule has 1 saturated heterocycles. The lowest BCUT2D eigenvalue weighted by atomic mass is 10.2. The second kappa shape index (κ2) is 10.3. The fourth-order valence-electron chi connectivity index (χ4n) is 1.88.